The first-order chi connectivity index (χ1) is 6.54. The van der Waals surface area contributed by atoms with E-state index < -0.39 is 12.5 Å². The van der Waals surface area contributed by atoms with Gasteiger partial charge in [-0.2, -0.15) is 0 Å². The number of hydrogen-bond donors (Lipinski definition) is 1. The largest absolute Gasteiger partial charge is 0.390 e. The predicted octanol–water partition coefficient (Wildman–Crippen LogP) is 2.00. The van der Waals surface area contributed by atoms with Gasteiger partial charge in [-0.15, -0.1) is 11.3 Å². The lowest BCUT2D eigenvalue weighted by Gasteiger charge is -2.08. The van der Waals surface area contributed by atoms with E-state index in [-0.39, 0.29) is 10.6 Å². The molecule has 0 bridgehead atoms. The third-order valence-corrected chi connectivity index (χ3v) is 3.22. The smallest absolute Gasteiger partial charge is 0.281 e. The third-order valence-electron chi connectivity index (χ3n) is 1.91. The van der Waals surface area contributed by atoms with Crippen LogP contribution in [0.3, 0.4) is 0 Å². The molecule has 0 atom stereocenters. The summed E-state index contributed by atoms with van der Waals surface area (Å²) in [6.07, 6.45) is 2.92. The second-order valence-corrected chi connectivity index (χ2v) is 4.06. The molecule has 2 heterocycles. The van der Waals surface area contributed by atoms with Crippen molar-refractivity contribution >= 4 is 16.2 Å². The average Bonchev–Trinajstić information content (AvgIpc) is 2.58. The number of thiazole rings is 1. The van der Waals surface area contributed by atoms with Crippen molar-refractivity contribution in [3.05, 3.63) is 23.1 Å². The van der Waals surface area contributed by atoms with Gasteiger partial charge in [0.25, 0.3) is 5.92 Å². The van der Waals surface area contributed by atoms with Crippen molar-refractivity contribution in [3.8, 4) is 0 Å². The predicted molar refractivity (Wildman–Crippen MR) is 48.6 cm³/mol. The Balaban J connectivity index is 2.70. The molecule has 0 amide bonds. The Morgan fingerprint density at radius 3 is 2.93 bits per heavy atom. The second kappa shape index (κ2) is 2.99. The van der Waals surface area contributed by atoms with Crippen LogP contribution in [0.1, 0.15) is 17.5 Å². The van der Waals surface area contributed by atoms with Gasteiger partial charge >= 0.3 is 0 Å². The average molecular weight is 218 g/mol. The molecule has 3 nitrogen and oxygen atoms in total. The minimum atomic E-state index is -2.91. The summed E-state index contributed by atoms with van der Waals surface area (Å²) in [6, 6.07) is 0. The monoisotopic (exact) mass is 218 g/mol. The Labute approximate surface area is 82.6 Å². The van der Waals surface area contributed by atoms with Gasteiger partial charge in [0.1, 0.15) is 11.2 Å². The van der Waals surface area contributed by atoms with Crippen LogP contribution in [0, 0.1) is 0 Å². The topological polar surface area (TPSA) is 37.5 Å². The molecule has 6 heteroatoms. The highest BCUT2D eigenvalue weighted by molar-refractivity contribution is 7.17. The van der Waals surface area contributed by atoms with Crippen LogP contribution in [0.4, 0.5) is 8.78 Å². The standard InChI is InChI=1S/C8H8F2N2OS/c1-8(9,10)7-5(3-13)12-4-11-2-6(12)14-7/h2,4,13H,3H2,1H3. The molecule has 0 spiro atoms. The second-order valence-electron chi connectivity index (χ2n) is 3.03. The number of halogens is 2. The molecule has 1 N–H and O–H groups in total. The zero-order chi connectivity index (χ0) is 10.3. The van der Waals surface area contributed by atoms with E-state index in [0.29, 0.717) is 4.83 Å². The van der Waals surface area contributed by atoms with Crippen LogP contribution in [0.5, 0.6) is 0 Å². The Kier molecular flexibility index (Phi) is 2.04. The molecule has 0 aliphatic carbocycles. The highest BCUT2D eigenvalue weighted by Gasteiger charge is 2.31. The Bertz CT molecular complexity index is 457. The van der Waals surface area contributed by atoms with E-state index in [1.165, 1.54) is 16.9 Å². The first-order valence-corrected chi connectivity index (χ1v) is 4.78. The van der Waals surface area contributed by atoms with E-state index in [4.69, 9.17) is 5.11 Å². The van der Waals surface area contributed by atoms with Crippen molar-refractivity contribution in [2.45, 2.75) is 19.5 Å². The lowest BCUT2D eigenvalue weighted by Crippen LogP contribution is -2.09. The van der Waals surface area contributed by atoms with Crippen LogP contribution < -0.4 is 0 Å². The van der Waals surface area contributed by atoms with Gasteiger partial charge in [0.05, 0.1) is 23.4 Å². The summed E-state index contributed by atoms with van der Waals surface area (Å²) in [4.78, 5) is 4.33. The first kappa shape index (κ1) is 9.54. The summed E-state index contributed by atoms with van der Waals surface area (Å²) in [5.74, 6) is -2.91. The van der Waals surface area contributed by atoms with Gasteiger partial charge in [0.2, 0.25) is 0 Å². The molecule has 0 aromatic carbocycles. The summed E-state index contributed by atoms with van der Waals surface area (Å²) in [7, 11) is 0. The quantitative estimate of drug-likeness (QED) is 0.837. The highest BCUT2D eigenvalue weighted by atomic mass is 32.1. The van der Waals surface area contributed by atoms with Crippen LogP contribution in [0.2, 0.25) is 0 Å². The van der Waals surface area contributed by atoms with Crippen molar-refractivity contribution in [2.75, 3.05) is 0 Å². The Morgan fingerprint density at radius 1 is 1.64 bits per heavy atom. The maximum atomic E-state index is 13.1. The molecule has 2 aromatic heterocycles. The van der Waals surface area contributed by atoms with E-state index >= 15 is 0 Å². The lowest BCUT2D eigenvalue weighted by molar-refractivity contribution is 0.0190. The highest BCUT2D eigenvalue weighted by Crippen LogP contribution is 2.36. The zero-order valence-electron chi connectivity index (χ0n) is 7.37. The fraction of sp³-hybridized carbons (Fsp3) is 0.375. The van der Waals surface area contributed by atoms with Gasteiger partial charge in [-0.05, 0) is 0 Å². The molecule has 14 heavy (non-hydrogen) atoms. The van der Waals surface area contributed by atoms with Gasteiger partial charge in [0.15, 0.2) is 0 Å². The number of rotatable bonds is 2. The normalized spacial score (nSPS) is 12.6. The fourth-order valence-electron chi connectivity index (χ4n) is 1.32. The lowest BCUT2D eigenvalue weighted by atomic mass is 10.2. The minimum Gasteiger partial charge on any atom is -0.390 e. The van der Waals surface area contributed by atoms with E-state index in [1.807, 2.05) is 0 Å². The number of nitrogens with zero attached hydrogens (tertiary/aromatic N) is 2. The van der Waals surface area contributed by atoms with Crippen molar-refractivity contribution in [3.63, 3.8) is 0 Å². The number of aromatic nitrogens is 2. The molecule has 2 rings (SSSR count). The van der Waals surface area contributed by atoms with Gasteiger partial charge < -0.3 is 5.11 Å². The van der Waals surface area contributed by atoms with Crippen LogP contribution in [-0.2, 0) is 12.5 Å². The van der Waals surface area contributed by atoms with Crippen LogP contribution >= 0.6 is 11.3 Å². The number of aliphatic hydroxyl groups is 1. The molecule has 0 unspecified atom stereocenters. The number of alkyl halides is 2. The molecule has 0 saturated carbocycles. The Morgan fingerprint density at radius 2 is 2.36 bits per heavy atom. The SMILES string of the molecule is CC(F)(F)c1sc2cncn2c1CO. The summed E-state index contributed by atoms with van der Waals surface area (Å²) >= 11 is 0.953. The summed E-state index contributed by atoms with van der Waals surface area (Å²) in [5, 5.41) is 9.01. The third kappa shape index (κ3) is 1.31. The number of fused-ring (bicyclic) bond motifs is 1. The van der Waals surface area contributed by atoms with Crippen LogP contribution in [0.15, 0.2) is 12.5 Å². The van der Waals surface area contributed by atoms with Gasteiger partial charge in [-0.1, -0.05) is 0 Å². The van der Waals surface area contributed by atoms with Gasteiger partial charge in [-0.3, -0.25) is 4.40 Å². The zero-order valence-corrected chi connectivity index (χ0v) is 8.18. The van der Waals surface area contributed by atoms with Gasteiger partial charge in [0, 0.05) is 6.92 Å². The molecule has 0 fully saturated rings. The molecule has 76 valence electrons. The van der Waals surface area contributed by atoms with Crippen molar-refractivity contribution in [1.29, 1.82) is 0 Å². The summed E-state index contributed by atoms with van der Waals surface area (Å²) < 4.78 is 27.7. The van der Waals surface area contributed by atoms with Crippen molar-refractivity contribution < 1.29 is 13.9 Å². The molecule has 0 aliphatic rings. The number of imidazole rings is 1. The van der Waals surface area contributed by atoms with Crippen LogP contribution in [-0.4, -0.2) is 14.5 Å². The summed E-state index contributed by atoms with van der Waals surface area (Å²) in [6.45, 7) is 0.417. The van der Waals surface area contributed by atoms with Crippen molar-refractivity contribution in [1.82, 2.24) is 9.38 Å². The first-order valence-electron chi connectivity index (χ1n) is 3.97. The molecule has 0 saturated heterocycles. The molecular formula is C8H8F2N2OS. The Hall–Kier alpha value is -1.01. The summed E-state index contributed by atoms with van der Waals surface area (Å²) in [5.41, 5.74) is 0.218. The molecular weight excluding hydrogens is 210 g/mol. The number of aliphatic hydroxyl groups excluding tert-OH is 1. The van der Waals surface area contributed by atoms with Crippen molar-refractivity contribution in [2.24, 2.45) is 0 Å². The van der Waals surface area contributed by atoms with E-state index in [9.17, 15) is 8.78 Å². The van der Waals surface area contributed by atoms with Gasteiger partial charge in [-0.25, -0.2) is 13.8 Å². The number of hydrogen-bond acceptors (Lipinski definition) is 3. The maximum Gasteiger partial charge on any atom is 0.281 e. The van der Waals surface area contributed by atoms with E-state index in [2.05, 4.69) is 4.98 Å². The molecule has 0 radical (unpaired) electrons. The fourth-order valence-corrected chi connectivity index (χ4v) is 2.36. The van der Waals surface area contributed by atoms with E-state index in [0.717, 1.165) is 18.3 Å². The van der Waals surface area contributed by atoms with Crippen LogP contribution in [0.25, 0.3) is 4.83 Å². The van der Waals surface area contributed by atoms with E-state index in [1.54, 1.807) is 0 Å². The minimum absolute atomic E-state index is 0.0996. The molecule has 0 aliphatic heterocycles. The molecule has 2 aromatic rings. The maximum absolute atomic E-state index is 13.1.